The third-order valence-electron chi connectivity index (χ3n) is 3.67. The van der Waals surface area contributed by atoms with Gasteiger partial charge in [0.2, 0.25) is 10.0 Å². The fourth-order valence-corrected chi connectivity index (χ4v) is 7.31. The highest BCUT2D eigenvalue weighted by Crippen LogP contribution is 2.37. The summed E-state index contributed by atoms with van der Waals surface area (Å²) in [5.41, 5.74) is 0.0402. The summed E-state index contributed by atoms with van der Waals surface area (Å²) in [6, 6.07) is 1.66. The molecule has 0 radical (unpaired) electrons. The smallest absolute Gasteiger partial charge is 0.245 e. The molecular weight excluding hydrogens is 416 g/mol. The molecule has 1 aromatic rings. The zero-order valence-corrected chi connectivity index (χ0v) is 15.5. The van der Waals surface area contributed by atoms with E-state index in [1.54, 1.807) is 10.4 Å². The second-order valence-electron chi connectivity index (χ2n) is 4.90. The second-order valence-corrected chi connectivity index (χ2v) is 10.6. The van der Waals surface area contributed by atoms with Crippen molar-refractivity contribution in [1.82, 2.24) is 9.62 Å². The molecule has 2 heterocycles. The monoisotopic (exact) mass is 430 g/mol. The van der Waals surface area contributed by atoms with Crippen LogP contribution in [-0.4, -0.2) is 38.4 Å². The Morgan fingerprint density at radius 1 is 1.37 bits per heavy atom. The number of hydrogen-bond donors (Lipinski definition) is 1. The second kappa shape index (κ2) is 5.73. The minimum absolute atomic E-state index is 0.0402. The lowest BCUT2D eigenvalue weighted by Crippen LogP contribution is -2.51. The molecule has 0 aliphatic carbocycles. The fourth-order valence-electron chi connectivity index (χ4n) is 2.11. The van der Waals surface area contributed by atoms with Crippen molar-refractivity contribution in [3.63, 3.8) is 0 Å². The van der Waals surface area contributed by atoms with Crippen molar-refractivity contribution in [3.8, 4) is 0 Å². The number of nitrogens with one attached hydrogen (secondary N) is 1. The first-order valence-corrected chi connectivity index (χ1v) is 9.77. The maximum absolute atomic E-state index is 12.6. The maximum atomic E-state index is 12.6. The van der Waals surface area contributed by atoms with E-state index in [9.17, 15) is 8.42 Å². The molecule has 19 heavy (non-hydrogen) atoms. The van der Waals surface area contributed by atoms with Gasteiger partial charge in [-0.25, -0.2) is 8.42 Å². The van der Waals surface area contributed by atoms with Gasteiger partial charge in [0.15, 0.2) is 0 Å². The summed E-state index contributed by atoms with van der Waals surface area (Å²) in [6.45, 7) is 3.24. The quantitative estimate of drug-likeness (QED) is 0.799. The Bertz CT molecular complexity index is 563. The standard InChI is InChI=1S/C11H16Br2N2O2S2/c1-11(14-2)3-5-15(6-4-11)19(16,17)8-7-9(12)18-10(8)13/h7,14H,3-6H2,1-2H3. The van der Waals surface area contributed by atoms with Crippen LogP contribution < -0.4 is 5.32 Å². The molecule has 1 aromatic heterocycles. The Morgan fingerprint density at radius 3 is 2.37 bits per heavy atom. The Labute approximate surface area is 134 Å². The van der Waals surface area contributed by atoms with Crippen molar-refractivity contribution in [2.24, 2.45) is 0 Å². The number of nitrogens with zero attached hydrogens (tertiary/aromatic N) is 1. The molecule has 1 N–H and O–H groups in total. The van der Waals surface area contributed by atoms with Crippen molar-refractivity contribution in [2.45, 2.75) is 30.2 Å². The van der Waals surface area contributed by atoms with Gasteiger partial charge >= 0.3 is 0 Å². The molecule has 0 bridgehead atoms. The normalized spacial score (nSPS) is 20.6. The molecule has 0 atom stereocenters. The lowest BCUT2D eigenvalue weighted by Gasteiger charge is -2.38. The first-order valence-electron chi connectivity index (χ1n) is 5.92. The van der Waals surface area contributed by atoms with Gasteiger partial charge in [-0.3, -0.25) is 0 Å². The lowest BCUT2D eigenvalue weighted by atomic mass is 9.91. The van der Waals surface area contributed by atoms with Crippen molar-refractivity contribution in [3.05, 3.63) is 13.6 Å². The molecule has 108 valence electrons. The summed E-state index contributed by atoms with van der Waals surface area (Å²) in [4.78, 5) is 0.359. The van der Waals surface area contributed by atoms with E-state index in [0.29, 0.717) is 21.8 Å². The van der Waals surface area contributed by atoms with E-state index in [4.69, 9.17) is 0 Å². The molecule has 1 aliphatic rings. The zero-order chi connectivity index (χ0) is 14.3. The van der Waals surface area contributed by atoms with Gasteiger partial charge in [0.25, 0.3) is 0 Å². The molecule has 0 saturated carbocycles. The van der Waals surface area contributed by atoms with Crippen molar-refractivity contribution in [2.75, 3.05) is 20.1 Å². The van der Waals surface area contributed by atoms with Crippen molar-refractivity contribution < 1.29 is 8.42 Å². The van der Waals surface area contributed by atoms with Crippen molar-refractivity contribution in [1.29, 1.82) is 0 Å². The SMILES string of the molecule is CNC1(C)CCN(S(=O)(=O)c2cc(Br)sc2Br)CC1. The van der Waals surface area contributed by atoms with Crippen LogP contribution >= 0.6 is 43.2 Å². The summed E-state index contributed by atoms with van der Waals surface area (Å²) in [5.74, 6) is 0. The largest absolute Gasteiger partial charge is 0.314 e. The van der Waals surface area contributed by atoms with Crippen LogP contribution in [0.2, 0.25) is 0 Å². The average molecular weight is 432 g/mol. The number of thiophene rings is 1. The van der Waals surface area contributed by atoms with Crippen LogP contribution in [0.15, 0.2) is 18.5 Å². The molecule has 1 aliphatic heterocycles. The summed E-state index contributed by atoms with van der Waals surface area (Å²) in [5, 5.41) is 3.27. The molecule has 2 rings (SSSR count). The van der Waals surface area contributed by atoms with Gasteiger partial charge in [0.05, 0.1) is 7.57 Å². The maximum Gasteiger partial charge on any atom is 0.245 e. The number of hydrogen-bond acceptors (Lipinski definition) is 4. The Morgan fingerprint density at radius 2 is 1.95 bits per heavy atom. The molecule has 0 aromatic carbocycles. The van der Waals surface area contributed by atoms with Crippen LogP contribution in [0, 0.1) is 0 Å². The molecule has 4 nitrogen and oxygen atoms in total. The molecule has 1 fully saturated rings. The van der Waals surface area contributed by atoms with E-state index >= 15 is 0 Å². The van der Waals surface area contributed by atoms with Gasteiger partial charge in [-0.15, -0.1) is 11.3 Å². The van der Waals surface area contributed by atoms with Crippen LogP contribution in [0.4, 0.5) is 0 Å². The highest BCUT2D eigenvalue weighted by atomic mass is 79.9. The molecule has 0 spiro atoms. The third-order valence-corrected chi connectivity index (χ3v) is 8.33. The van der Waals surface area contributed by atoms with E-state index in [2.05, 4.69) is 44.1 Å². The summed E-state index contributed by atoms with van der Waals surface area (Å²) < 4.78 is 28.2. The summed E-state index contributed by atoms with van der Waals surface area (Å²) >= 11 is 8.03. The number of halogens is 2. The van der Waals surface area contributed by atoms with Crippen LogP contribution in [0.1, 0.15) is 19.8 Å². The van der Waals surface area contributed by atoms with Gasteiger partial charge in [0.1, 0.15) is 4.90 Å². The predicted octanol–water partition coefficient (Wildman–Crippen LogP) is 3.04. The van der Waals surface area contributed by atoms with E-state index in [0.717, 1.165) is 16.6 Å². The zero-order valence-electron chi connectivity index (χ0n) is 10.7. The summed E-state index contributed by atoms with van der Waals surface area (Å²) in [7, 11) is -1.46. The topological polar surface area (TPSA) is 49.4 Å². The van der Waals surface area contributed by atoms with Crippen LogP contribution in [0.5, 0.6) is 0 Å². The highest BCUT2D eigenvalue weighted by Gasteiger charge is 2.35. The van der Waals surface area contributed by atoms with Crippen molar-refractivity contribution >= 4 is 53.2 Å². The van der Waals surface area contributed by atoms with Crippen LogP contribution in [0.25, 0.3) is 0 Å². The lowest BCUT2D eigenvalue weighted by molar-refractivity contribution is 0.219. The molecule has 0 unspecified atom stereocenters. The van der Waals surface area contributed by atoms with Gasteiger partial charge < -0.3 is 5.32 Å². The average Bonchev–Trinajstić information content (AvgIpc) is 2.70. The van der Waals surface area contributed by atoms with Gasteiger partial charge in [0, 0.05) is 18.6 Å². The van der Waals surface area contributed by atoms with Crippen LogP contribution in [0.3, 0.4) is 0 Å². The molecular formula is C11H16Br2N2O2S2. The highest BCUT2D eigenvalue weighted by molar-refractivity contribution is 9.12. The molecule has 8 heteroatoms. The molecule has 1 saturated heterocycles. The Kier molecular flexibility index (Phi) is 4.80. The minimum Gasteiger partial charge on any atom is -0.314 e. The number of rotatable bonds is 3. The predicted molar refractivity (Wildman–Crippen MR) is 85.2 cm³/mol. The van der Waals surface area contributed by atoms with Gasteiger partial charge in [-0.1, -0.05) is 0 Å². The van der Waals surface area contributed by atoms with Gasteiger partial charge in [-0.05, 0) is 64.7 Å². The van der Waals surface area contributed by atoms with E-state index in [-0.39, 0.29) is 5.54 Å². The Hall–Kier alpha value is 0.530. The van der Waals surface area contributed by atoms with E-state index < -0.39 is 10.0 Å². The minimum atomic E-state index is -3.39. The van der Waals surface area contributed by atoms with Crippen LogP contribution in [-0.2, 0) is 10.0 Å². The van der Waals surface area contributed by atoms with E-state index in [1.165, 1.54) is 11.3 Å². The van der Waals surface area contributed by atoms with Gasteiger partial charge in [-0.2, -0.15) is 4.31 Å². The third kappa shape index (κ3) is 3.24. The fraction of sp³-hybridized carbons (Fsp3) is 0.636. The first-order chi connectivity index (χ1) is 8.78. The molecule has 0 amide bonds. The first kappa shape index (κ1) is 15.9. The Balaban J connectivity index is 2.21. The number of piperidine rings is 1. The summed E-state index contributed by atoms with van der Waals surface area (Å²) in [6.07, 6.45) is 1.65. The number of sulfonamides is 1. The van der Waals surface area contributed by atoms with E-state index in [1.807, 2.05) is 7.05 Å².